The molecule has 1 amide bonds. The quantitative estimate of drug-likeness (QED) is 0.522. The molecule has 0 bridgehead atoms. The molecule has 0 radical (unpaired) electrons. The summed E-state index contributed by atoms with van der Waals surface area (Å²) in [5.41, 5.74) is 0.0587. The first kappa shape index (κ1) is 17.4. The Bertz CT molecular complexity index is 994. The molecule has 1 heterocycles. The SMILES string of the molecule is CCN(C(=O)COC(=O)c1cc2ccccc2oc1=O)c1ccccc1. The summed E-state index contributed by atoms with van der Waals surface area (Å²) in [7, 11) is 0. The summed E-state index contributed by atoms with van der Waals surface area (Å²) in [6, 6.07) is 17.3. The van der Waals surface area contributed by atoms with Gasteiger partial charge in [0.15, 0.2) is 6.61 Å². The van der Waals surface area contributed by atoms with Crippen LogP contribution in [0.25, 0.3) is 11.0 Å². The number of esters is 1. The fourth-order valence-corrected chi connectivity index (χ4v) is 2.60. The molecule has 6 heteroatoms. The van der Waals surface area contributed by atoms with Gasteiger partial charge in [-0.05, 0) is 31.2 Å². The summed E-state index contributed by atoms with van der Waals surface area (Å²) in [6.07, 6.45) is 0. The van der Waals surface area contributed by atoms with Gasteiger partial charge in [-0.3, -0.25) is 4.79 Å². The number of anilines is 1. The molecule has 0 saturated carbocycles. The second-order valence-corrected chi connectivity index (χ2v) is 5.54. The van der Waals surface area contributed by atoms with E-state index in [1.807, 2.05) is 25.1 Å². The number of rotatable bonds is 5. The highest BCUT2D eigenvalue weighted by atomic mass is 16.5. The molecule has 0 saturated heterocycles. The van der Waals surface area contributed by atoms with Gasteiger partial charge in [-0.15, -0.1) is 0 Å². The fourth-order valence-electron chi connectivity index (χ4n) is 2.60. The van der Waals surface area contributed by atoms with E-state index in [0.717, 1.165) is 0 Å². The minimum atomic E-state index is -0.887. The van der Waals surface area contributed by atoms with E-state index in [1.165, 1.54) is 11.0 Å². The molecule has 0 unspecified atom stereocenters. The van der Waals surface area contributed by atoms with Crippen molar-refractivity contribution in [2.45, 2.75) is 6.92 Å². The predicted molar refractivity (Wildman–Crippen MR) is 97.2 cm³/mol. The van der Waals surface area contributed by atoms with Crippen molar-refractivity contribution in [3.05, 3.63) is 76.6 Å². The van der Waals surface area contributed by atoms with Crippen molar-refractivity contribution in [3.63, 3.8) is 0 Å². The van der Waals surface area contributed by atoms with Gasteiger partial charge >= 0.3 is 11.6 Å². The molecular formula is C20H17NO5. The maximum Gasteiger partial charge on any atom is 0.351 e. The average Bonchev–Trinajstić information content (AvgIpc) is 2.67. The number of hydrogen-bond donors (Lipinski definition) is 0. The van der Waals surface area contributed by atoms with Gasteiger partial charge in [0, 0.05) is 17.6 Å². The minimum absolute atomic E-state index is 0.237. The van der Waals surface area contributed by atoms with E-state index in [1.54, 1.807) is 36.4 Å². The summed E-state index contributed by atoms with van der Waals surface area (Å²) < 4.78 is 10.1. The lowest BCUT2D eigenvalue weighted by molar-refractivity contribution is -0.121. The van der Waals surface area contributed by atoms with Crippen LogP contribution in [0.1, 0.15) is 17.3 Å². The molecule has 0 N–H and O–H groups in total. The zero-order valence-corrected chi connectivity index (χ0v) is 14.2. The summed E-state index contributed by atoms with van der Waals surface area (Å²) in [5, 5.41) is 0.602. The fraction of sp³-hybridized carbons (Fsp3) is 0.150. The smallest absolute Gasteiger partial charge is 0.351 e. The van der Waals surface area contributed by atoms with Crippen LogP contribution in [-0.2, 0) is 9.53 Å². The molecule has 0 spiro atoms. The summed E-state index contributed by atoms with van der Waals surface area (Å²) in [6.45, 7) is 1.79. The van der Waals surface area contributed by atoms with Gasteiger partial charge in [-0.2, -0.15) is 0 Å². The summed E-state index contributed by atoms with van der Waals surface area (Å²) in [4.78, 5) is 38.0. The third-order valence-corrected chi connectivity index (χ3v) is 3.87. The largest absolute Gasteiger partial charge is 0.452 e. The van der Waals surface area contributed by atoms with Crippen molar-refractivity contribution in [2.75, 3.05) is 18.1 Å². The first-order chi connectivity index (χ1) is 12.6. The van der Waals surface area contributed by atoms with Gasteiger partial charge < -0.3 is 14.1 Å². The lowest BCUT2D eigenvalue weighted by atomic mass is 10.2. The molecular weight excluding hydrogens is 334 g/mol. The van der Waals surface area contributed by atoms with E-state index in [9.17, 15) is 14.4 Å². The Morgan fingerprint density at radius 2 is 1.73 bits per heavy atom. The first-order valence-corrected chi connectivity index (χ1v) is 8.15. The lowest BCUT2D eigenvalue weighted by Crippen LogP contribution is -2.34. The number of para-hydroxylation sites is 2. The highest BCUT2D eigenvalue weighted by Gasteiger charge is 2.19. The first-order valence-electron chi connectivity index (χ1n) is 8.15. The molecule has 0 fully saturated rings. The molecule has 0 atom stereocenters. The Morgan fingerprint density at radius 3 is 2.46 bits per heavy atom. The van der Waals surface area contributed by atoms with Gasteiger partial charge in [-0.25, -0.2) is 9.59 Å². The van der Waals surface area contributed by atoms with E-state index >= 15 is 0 Å². The van der Waals surface area contributed by atoms with Gasteiger partial charge in [0.2, 0.25) is 0 Å². The maximum absolute atomic E-state index is 12.4. The molecule has 26 heavy (non-hydrogen) atoms. The average molecular weight is 351 g/mol. The van der Waals surface area contributed by atoms with Crippen molar-refractivity contribution >= 4 is 28.5 Å². The number of amides is 1. The molecule has 132 valence electrons. The molecule has 0 aliphatic rings. The topological polar surface area (TPSA) is 76.8 Å². The molecule has 0 aliphatic heterocycles. The zero-order valence-electron chi connectivity index (χ0n) is 14.2. The minimum Gasteiger partial charge on any atom is -0.452 e. The Labute approximate surface area is 149 Å². The predicted octanol–water partition coefficient (Wildman–Crippen LogP) is 3.00. The van der Waals surface area contributed by atoms with Crippen LogP contribution in [0.4, 0.5) is 5.69 Å². The van der Waals surface area contributed by atoms with Gasteiger partial charge in [0.05, 0.1) is 0 Å². The Hall–Kier alpha value is -3.41. The van der Waals surface area contributed by atoms with Crippen molar-refractivity contribution in [1.29, 1.82) is 0 Å². The van der Waals surface area contributed by atoms with E-state index < -0.39 is 18.2 Å². The monoisotopic (exact) mass is 351 g/mol. The van der Waals surface area contributed by atoms with E-state index in [-0.39, 0.29) is 11.5 Å². The number of carbonyl (C=O) groups is 2. The van der Waals surface area contributed by atoms with Crippen LogP contribution < -0.4 is 10.5 Å². The number of likely N-dealkylation sites (N-methyl/N-ethyl adjacent to an activating group) is 1. The molecule has 6 nitrogen and oxygen atoms in total. The van der Waals surface area contributed by atoms with E-state index in [4.69, 9.17) is 9.15 Å². The van der Waals surface area contributed by atoms with Crippen LogP contribution in [0.5, 0.6) is 0 Å². The number of carbonyl (C=O) groups excluding carboxylic acids is 2. The number of benzene rings is 2. The summed E-state index contributed by atoms with van der Waals surface area (Å²) >= 11 is 0. The Morgan fingerprint density at radius 1 is 1.04 bits per heavy atom. The van der Waals surface area contributed by atoms with Crippen LogP contribution in [-0.4, -0.2) is 25.0 Å². The second-order valence-electron chi connectivity index (χ2n) is 5.54. The lowest BCUT2D eigenvalue weighted by Gasteiger charge is -2.20. The molecule has 0 aliphatic carbocycles. The van der Waals surface area contributed by atoms with Crippen molar-refractivity contribution < 1.29 is 18.7 Å². The molecule has 3 rings (SSSR count). The molecule has 3 aromatic rings. The van der Waals surface area contributed by atoms with E-state index in [0.29, 0.717) is 23.2 Å². The van der Waals surface area contributed by atoms with Crippen LogP contribution >= 0.6 is 0 Å². The molecule has 2 aromatic carbocycles. The Balaban J connectivity index is 1.73. The van der Waals surface area contributed by atoms with Gasteiger partial charge in [0.25, 0.3) is 5.91 Å². The van der Waals surface area contributed by atoms with Crippen LogP contribution in [0.15, 0.2) is 69.9 Å². The van der Waals surface area contributed by atoms with Crippen molar-refractivity contribution in [1.82, 2.24) is 0 Å². The highest BCUT2D eigenvalue weighted by Crippen LogP contribution is 2.15. The van der Waals surface area contributed by atoms with Crippen LogP contribution in [0.2, 0.25) is 0 Å². The number of hydrogen-bond acceptors (Lipinski definition) is 5. The standard InChI is InChI=1S/C20H17NO5/c1-2-21(15-9-4-3-5-10-15)18(22)13-25-19(23)16-12-14-8-6-7-11-17(14)26-20(16)24/h3-12H,2,13H2,1H3. The number of nitrogens with zero attached hydrogens (tertiary/aromatic N) is 1. The maximum atomic E-state index is 12.4. The Kier molecular flexibility index (Phi) is 5.12. The third kappa shape index (κ3) is 3.64. The third-order valence-electron chi connectivity index (χ3n) is 3.87. The van der Waals surface area contributed by atoms with Gasteiger partial charge in [0.1, 0.15) is 11.1 Å². The van der Waals surface area contributed by atoms with Crippen LogP contribution in [0, 0.1) is 0 Å². The van der Waals surface area contributed by atoms with Crippen molar-refractivity contribution in [3.8, 4) is 0 Å². The molecule has 1 aromatic heterocycles. The van der Waals surface area contributed by atoms with E-state index in [2.05, 4.69) is 0 Å². The zero-order chi connectivity index (χ0) is 18.5. The number of fused-ring (bicyclic) bond motifs is 1. The normalized spacial score (nSPS) is 10.5. The van der Waals surface area contributed by atoms with Gasteiger partial charge in [-0.1, -0.05) is 36.4 Å². The summed E-state index contributed by atoms with van der Waals surface area (Å²) in [5.74, 6) is -1.26. The number of ether oxygens (including phenoxy) is 1. The van der Waals surface area contributed by atoms with Crippen molar-refractivity contribution in [2.24, 2.45) is 0 Å². The highest BCUT2D eigenvalue weighted by molar-refractivity contribution is 5.97. The van der Waals surface area contributed by atoms with Crippen LogP contribution in [0.3, 0.4) is 0 Å². The second kappa shape index (κ2) is 7.65.